The summed E-state index contributed by atoms with van der Waals surface area (Å²) in [5.74, 6) is 2.39. The van der Waals surface area contributed by atoms with Crippen LogP contribution < -0.4 is 9.46 Å². The zero-order valence-electron chi connectivity index (χ0n) is 20.7. The van der Waals surface area contributed by atoms with Crippen LogP contribution in [0.15, 0.2) is 71.4 Å². The number of hydrogen-bond donors (Lipinski definition) is 0. The minimum atomic E-state index is 0.0212. The van der Waals surface area contributed by atoms with Crippen LogP contribution in [-0.4, -0.2) is 0 Å². The molecule has 0 fully saturated rings. The van der Waals surface area contributed by atoms with Crippen LogP contribution in [0.3, 0.4) is 0 Å². The monoisotopic (exact) mass is 448 g/mol. The van der Waals surface area contributed by atoms with Crippen LogP contribution in [0.5, 0.6) is 0 Å². The molecule has 0 spiro atoms. The predicted octanol–water partition coefficient (Wildman–Crippen LogP) is 7.04. The van der Waals surface area contributed by atoms with Crippen LogP contribution in [0.4, 0.5) is 0 Å². The number of nitrogens with zero attached hydrogens (tertiary/aromatic N) is 2. The van der Waals surface area contributed by atoms with Gasteiger partial charge in [-0.25, -0.2) is 0 Å². The zero-order chi connectivity index (χ0) is 24.0. The summed E-state index contributed by atoms with van der Waals surface area (Å²) < 4.78 is 8.21. The molecule has 0 amide bonds. The van der Waals surface area contributed by atoms with Crippen molar-refractivity contribution in [2.45, 2.75) is 46.5 Å². The molecule has 1 aliphatic heterocycles. The molecule has 0 bridgehead atoms. The summed E-state index contributed by atoms with van der Waals surface area (Å²) >= 11 is 0. The van der Waals surface area contributed by atoms with E-state index in [0.29, 0.717) is 5.92 Å². The molecule has 0 saturated heterocycles. The summed E-state index contributed by atoms with van der Waals surface area (Å²) in [6, 6.07) is 19.6. The topological polar surface area (TPSA) is 33.1 Å². The fourth-order valence-corrected chi connectivity index (χ4v) is 4.73. The van der Waals surface area contributed by atoms with E-state index in [1.807, 2.05) is 22.7 Å². The summed E-state index contributed by atoms with van der Waals surface area (Å²) in [4.78, 5) is 0. The van der Waals surface area contributed by atoms with Crippen molar-refractivity contribution in [1.29, 1.82) is 0 Å². The van der Waals surface area contributed by atoms with Crippen molar-refractivity contribution in [2.75, 3.05) is 0 Å². The lowest BCUT2D eigenvalue weighted by atomic mass is 9.82. The van der Waals surface area contributed by atoms with Crippen LogP contribution in [0.2, 0.25) is 0 Å². The lowest BCUT2D eigenvalue weighted by molar-refractivity contribution is -0.486. The Hall–Kier alpha value is -3.59. The molecular weight excluding hydrogens is 416 g/mol. The van der Waals surface area contributed by atoms with Crippen LogP contribution in [-0.2, 0) is 11.8 Å². The molecule has 3 heteroatoms. The highest BCUT2D eigenvalue weighted by atomic mass is 16.3. The van der Waals surface area contributed by atoms with Gasteiger partial charge in [0, 0.05) is 29.7 Å². The molecule has 0 saturated carbocycles. The molecular formula is C31H32N2O. The van der Waals surface area contributed by atoms with Gasteiger partial charge in [0.15, 0.2) is 6.20 Å². The van der Waals surface area contributed by atoms with Crippen molar-refractivity contribution in [1.82, 2.24) is 0 Å². The Bertz CT molecular complexity index is 1530. The van der Waals surface area contributed by atoms with E-state index in [2.05, 4.69) is 95.9 Å². The maximum atomic E-state index is 6.28. The van der Waals surface area contributed by atoms with Gasteiger partial charge in [-0.2, -0.15) is 10.4 Å². The van der Waals surface area contributed by atoms with Gasteiger partial charge in [-0.05, 0) is 51.1 Å². The Morgan fingerprint density at radius 1 is 1.03 bits per heavy atom. The molecule has 4 aromatic rings. The van der Waals surface area contributed by atoms with Crippen molar-refractivity contribution in [2.24, 2.45) is 5.92 Å². The summed E-state index contributed by atoms with van der Waals surface area (Å²) in [5, 5.41) is 8.27. The van der Waals surface area contributed by atoms with E-state index < -0.39 is 0 Å². The van der Waals surface area contributed by atoms with Crippen LogP contribution in [0, 0.1) is 12.6 Å². The molecule has 0 radical (unpaired) electrons. The Kier molecular flexibility index (Phi) is 5.44. The summed E-state index contributed by atoms with van der Waals surface area (Å²) in [5.41, 5.74) is 5.50. The van der Waals surface area contributed by atoms with Crippen LogP contribution >= 0.6 is 0 Å². The normalized spacial score (nSPS) is 15.0. The second kappa shape index (κ2) is 8.32. The van der Waals surface area contributed by atoms with E-state index in [-0.39, 0.29) is 5.41 Å². The minimum Gasteiger partial charge on any atom is -0.661 e. The Labute approximate surface area is 201 Å². The first-order chi connectivity index (χ1) is 16.2. The van der Waals surface area contributed by atoms with Gasteiger partial charge in [0.2, 0.25) is 5.69 Å². The molecule has 34 heavy (non-hydrogen) atoms. The molecule has 0 atom stereocenters. The van der Waals surface area contributed by atoms with Gasteiger partial charge in [0.1, 0.15) is 18.2 Å². The van der Waals surface area contributed by atoms with E-state index in [9.17, 15) is 0 Å². The van der Waals surface area contributed by atoms with Crippen molar-refractivity contribution in [3.8, 4) is 11.3 Å². The Balaban J connectivity index is 1.71. The standard InChI is InChI=1S/C31H32N2O/c1-20(2)15-25-17-23-11-13-32-29(30(23)34-25)22-12-14-33(6)28(19-22)24-16-21-9-7-8-10-26(21)27(18-24)31(3,4)5/h7-14,16-20H,6,15H2,1-5H3. The Morgan fingerprint density at radius 3 is 2.59 bits per heavy atom. The lowest BCUT2D eigenvalue weighted by Crippen LogP contribution is -2.22. The highest BCUT2D eigenvalue weighted by molar-refractivity contribution is 5.90. The molecule has 5 rings (SSSR count). The first-order valence-electron chi connectivity index (χ1n) is 12.0. The van der Waals surface area contributed by atoms with E-state index in [4.69, 9.17) is 9.73 Å². The highest BCUT2D eigenvalue weighted by Crippen LogP contribution is 2.35. The molecule has 3 heterocycles. The largest absolute Gasteiger partial charge is 0.661 e. The van der Waals surface area contributed by atoms with Gasteiger partial charge in [0.05, 0.1) is 0 Å². The molecule has 172 valence electrons. The average molecular weight is 449 g/mol. The maximum absolute atomic E-state index is 6.28. The molecule has 2 aromatic carbocycles. The van der Waals surface area contributed by atoms with E-state index in [1.54, 1.807) is 0 Å². The lowest BCUT2D eigenvalue weighted by Gasteiger charge is -2.24. The summed E-state index contributed by atoms with van der Waals surface area (Å²) in [6.07, 6.45) is 6.82. The molecule has 0 aliphatic carbocycles. The number of rotatable bonds is 3. The minimum absolute atomic E-state index is 0.0212. The fraction of sp³-hybridized carbons (Fsp3) is 0.258. The van der Waals surface area contributed by atoms with Crippen molar-refractivity contribution < 1.29 is 8.66 Å². The highest BCUT2D eigenvalue weighted by Gasteiger charge is 2.20. The second-order valence-electron chi connectivity index (χ2n) is 10.7. The third-order valence-corrected chi connectivity index (χ3v) is 6.37. The predicted molar refractivity (Wildman–Crippen MR) is 141 cm³/mol. The first kappa shape index (κ1) is 22.2. The van der Waals surface area contributed by atoms with Gasteiger partial charge in [-0.15, -0.1) is 0 Å². The summed E-state index contributed by atoms with van der Waals surface area (Å²) in [7, 11) is 0. The quantitative estimate of drug-likeness (QED) is 0.310. The van der Waals surface area contributed by atoms with Crippen molar-refractivity contribution >= 4 is 22.5 Å². The van der Waals surface area contributed by atoms with Crippen LogP contribution in [0.25, 0.3) is 39.1 Å². The summed E-state index contributed by atoms with van der Waals surface area (Å²) in [6.45, 7) is 15.5. The molecule has 2 aromatic heterocycles. The van der Waals surface area contributed by atoms with E-state index in [1.165, 1.54) is 16.3 Å². The van der Waals surface area contributed by atoms with Gasteiger partial charge >= 0.3 is 0 Å². The molecule has 1 aliphatic rings. The molecule has 3 nitrogen and oxygen atoms in total. The number of furan rings is 1. The number of fused-ring (bicyclic) bond motifs is 2. The fourth-order valence-electron chi connectivity index (χ4n) is 4.73. The van der Waals surface area contributed by atoms with E-state index in [0.717, 1.165) is 45.7 Å². The van der Waals surface area contributed by atoms with Crippen molar-refractivity contribution in [3.05, 3.63) is 107 Å². The second-order valence-corrected chi connectivity index (χ2v) is 10.7. The first-order valence-corrected chi connectivity index (χ1v) is 12.0. The van der Waals surface area contributed by atoms with Gasteiger partial charge in [0.25, 0.3) is 0 Å². The van der Waals surface area contributed by atoms with Gasteiger partial charge in [-0.1, -0.05) is 70.7 Å². The molecule has 0 unspecified atom stereocenters. The van der Waals surface area contributed by atoms with Gasteiger partial charge < -0.3 is 9.73 Å². The van der Waals surface area contributed by atoms with Gasteiger partial charge in [-0.3, -0.25) is 0 Å². The van der Waals surface area contributed by atoms with E-state index >= 15 is 0 Å². The third-order valence-electron chi connectivity index (χ3n) is 6.37. The van der Waals surface area contributed by atoms with Crippen molar-refractivity contribution in [3.63, 3.8) is 0 Å². The molecule has 0 N–H and O–H groups in total. The number of hydrogen-bond acceptors (Lipinski definition) is 1. The zero-order valence-corrected chi connectivity index (χ0v) is 20.7. The maximum Gasteiger partial charge on any atom is 0.217 e. The smallest absolute Gasteiger partial charge is 0.217 e. The third kappa shape index (κ3) is 4.07. The number of aromatic nitrogens is 1. The SMILES string of the molecule is C=[n+]1ccc(=C2[N-]C=Cc3cc(CC(C)C)oc32)cc1-c1cc(C(C)(C)C)c2ccccc2c1. The number of pyridine rings is 1. The van der Waals surface area contributed by atoms with Crippen LogP contribution in [0.1, 0.15) is 57.3 Å². The Morgan fingerprint density at radius 2 is 1.82 bits per heavy atom. The number of benzene rings is 2. The average Bonchev–Trinajstić information content (AvgIpc) is 3.20.